The fraction of sp³-hybridized carbons (Fsp3) is 0.167. The Morgan fingerprint density at radius 1 is 1.47 bits per heavy atom. The normalized spacial score (nSPS) is 10.5. The van der Waals surface area contributed by atoms with E-state index < -0.39 is 0 Å². The number of nitrogens with one attached hydrogen (secondary N) is 1. The van der Waals surface area contributed by atoms with Crippen LogP contribution in [0.3, 0.4) is 0 Å². The summed E-state index contributed by atoms with van der Waals surface area (Å²) in [5.74, 6) is 0.147. The third-order valence-corrected chi connectivity index (χ3v) is 4.72. The van der Waals surface area contributed by atoms with Crippen molar-refractivity contribution in [2.24, 2.45) is 0 Å². The highest BCUT2D eigenvalue weighted by atomic mass is 35.5. The number of thiazole rings is 1. The first-order valence-electron chi connectivity index (χ1n) is 5.34. The zero-order valence-electron chi connectivity index (χ0n) is 9.94. The highest BCUT2D eigenvalue weighted by Gasteiger charge is 2.08. The number of carbonyl (C=O) groups excluding carboxylic acids is 1. The summed E-state index contributed by atoms with van der Waals surface area (Å²) in [4.78, 5) is 16.7. The van der Waals surface area contributed by atoms with Crippen molar-refractivity contribution >= 4 is 57.3 Å². The summed E-state index contributed by atoms with van der Waals surface area (Å²) in [7, 11) is 0. The molecule has 0 radical (unpaired) electrons. The van der Waals surface area contributed by atoms with E-state index >= 15 is 0 Å². The number of benzene rings is 1. The number of aromatic nitrogens is 1. The lowest BCUT2D eigenvalue weighted by Crippen LogP contribution is -2.13. The first-order valence-corrected chi connectivity index (χ1v) is 7.96. The second kappa shape index (κ2) is 6.61. The summed E-state index contributed by atoms with van der Waals surface area (Å²) in [6, 6.07) is 5.18. The van der Waals surface area contributed by atoms with Gasteiger partial charge in [-0.15, -0.1) is 23.1 Å². The van der Waals surface area contributed by atoms with Crippen LogP contribution in [0.25, 0.3) is 0 Å². The van der Waals surface area contributed by atoms with Gasteiger partial charge in [-0.1, -0.05) is 23.2 Å². The van der Waals surface area contributed by atoms with Crippen LogP contribution in [0.1, 0.15) is 5.69 Å². The van der Waals surface area contributed by atoms with Crippen LogP contribution in [0.15, 0.2) is 28.5 Å². The summed E-state index contributed by atoms with van der Waals surface area (Å²) in [6.45, 7) is 1.88. The monoisotopic (exact) mass is 332 g/mol. The molecule has 2 rings (SSSR count). The van der Waals surface area contributed by atoms with Crippen molar-refractivity contribution in [1.29, 1.82) is 0 Å². The molecule has 3 nitrogen and oxygen atoms in total. The number of amides is 1. The number of anilines is 1. The summed E-state index contributed by atoms with van der Waals surface area (Å²) in [5, 5.41) is 6.43. The predicted octanol–water partition coefficient (Wildman–Crippen LogP) is 4.49. The maximum Gasteiger partial charge on any atom is 0.236 e. The molecule has 19 heavy (non-hydrogen) atoms. The number of hydrogen-bond donors (Lipinski definition) is 1. The predicted molar refractivity (Wildman–Crippen MR) is 82.7 cm³/mol. The highest BCUT2D eigenvalue weighted by molar-refractivity contribution is 8.00. The van der Waals surface area contributed by atoms with Crippen molar-refractivity contribution < 1.29 is 4.79 Å². The van der Waals surface area contributed by atoms with Crippen LogP contribution in [-0.4, -0.2) is 16.6 Å². The standard InChI is InChI=1S/C12H10Cl2N2OS2/c1-7-5-19-12(15-7)16-11(17)6-18-10-4-8(13)2-3-9(10)14/h2-5H,6H2,1H3,(H,15,16,17). The average Bonchev–Trinajstić information content (AvgIpc) is 2.76. The summed E-state index contributed by atoms with van der Waals surface area (Å²) >= 11 is 14.7. The molecule has 2 aromatic rings. The van der Waals surface area contributed by atoms with E-state index in [-0.39, 0.29) is 11.7 Å². The molecule has 0 saturated heterocycles. The molecule has 1 aromatic carbocycles. The SMILES string of the molecule is Cc1csc(NC(=O)CSc2cc(Cl)ccc2Cl)n1. The first-order chi connectivity index (χ1) is 9.04. The summed E-state index contributed by atoms with van der Waals surface area (Å²) in [5.41, 5.74) is 0.894. The number of carbonyl (C=O) groups is 1. The van der Waals surface area contributed by atoms with E-state index in [1.807, 2.05) is 12.3 Å². The molecule has 0 spiro atoms. The molecule has 0 bridgehead atoms. The molecule has 1 N–H and O–H groups in total. The molecule has 0 unspecified atom stereocenters. The number of aryl methyl sites for hydroxylation is 1. The number of hydrogen-bond acceptors (Lipinski definition) is 4. The van der Waals surface area contributed by atoms with Crippen molar-refractivity contribution in [3.8, 4) is 0 Å². The fourth-order valence-corrected chi connectivity index (χ4v) is 3.30. The summed E-state index contributed by atoms with van der Waals surface area (Å²) in [6.07, 6.45) is 0. The minimum absolute atomic E-state index is 0.115. The van der Waals surface area contributed by atoms with Crippen LogP contribution in [0.5, 0.6) is 0 Å². The number of rotatable bonds is 4. The molecule has 1 heterocycles. The molecule has 0 atom stereocenters. The van der Waals surface area contributed by atoms with E-state index in [2.05, 4.69) is 10.3 Å². The Bertz CT molecular complexity index is 601. The van der Waals surface area contributed by atoms with Crippen molar-refractivity contribution in [3.05, 3.63) is 39.3 Å². The number of halogens is 2. The molecule has 0 aliphatic carbocycles. The average molecular weight is 333 g/mol. The second-order valence-electron chi connectivity index (χ2n) is 3.71. The Kier molecular flexibility index (Phi) is 5.10. The van der Waals surface area contributed by atoms with Crippen LogP contribution in [0, 0.1) is 6.92 Å². The lowest BCUT2D eigenvalue weighted by Gasteiger charge is -2.04. The van der Waals surface area contributed by atoms with Gasteiger partial charge in [-0.3, -0.25) is 4.79 Å². The smallest absolute Gasteiger partial charge is 0.236 e. The van der Waals surface area contributed by atoms with Gasteiger partial charge in [-0.25, -0.2) is 4.98 Å². The Morgan fingerprint density at radius 2 is 2.26 bits per heavy atom. The van der Waals surface area contributed by atoms with E-state index in [0.717, 1.165) is 10.6 Å². The van der Waals surface area contributed by atoms with Crippen molar-refractivity contribution in [2.45, 2.75) is 11.8 Å². The lowest BCUT2D eigenvalue weighted by molar-refractivity contribution is -0.113. The van der Waals surface area contributed by atoms with Gasteiger partial charge < -0.3 is 5.32 Å². The van der Waals surface area contributed by atoms with E-state index in [0.29, 0.717) is 15.2 Å². The lowest BCUT2D eigenvalue weighted by atomic mass is 10.4. The molecule has 100 valence electrons. The molecule has 7 heteroatoms. The van der Waals surface area contributed by atoms with Crippen LogP contribution in [-0.2, 0) is 4.79 Å². The van der Waals surface area contributed by atoms with Crippen molar-refractivity contribution in [1.82, 2.24) is 4.98 Å². The van der Waals surface area contributed by atoms with E-state index in [1.54, 1.807) is 18.2 Å². The van der Waals surface area contributed by atoms with Gasteiger partial charge in [0.1, 0.15) is 0 Å². The molecule has 0 fully saturated rings. The number of nitrogens with zero attached hydrogens (tertiary/aromatic N) is 1. The quantitative estimate of drug-likeness (QED) is 0.838. The number of thioether (sulfide) groups is 1. The fourth-order valence-electron chi connectivity index (χ4n) is 1.30. The highest BCUT2D eigenvalue weighted by Crippen LogP contribution is 2.29. The minimum Gasteiger partial charge on any atom is -0.301 e. The molecule has 0 aliphatic rings. The van der Waals surface area contributed by atoms with Crippen molar-refractivity contribution in [2.75, 3.05) is 11.1 Å². The first kappa shape index (κ1) is 14.7. The van der Waals surface area contributed by atoms with Crippen LogP contribution in [0.4, 0.5) is 5.13 Å². The van der Waals surface area contributed by atoms with Gasteiger partial charge in [0.2, 0.25) is 5.91 Å². The van der Waals surface area contributed by atoms with Crippen molar-refractivity contribution in [3.63, 3.8) is 0 Å². The molecular weight excluding hydrogens is 323 g/mol. The van der Waals surface area contributed by atoms with Gasteiger partial charge in [-0.05, 0) is 25.1 Å². The Morgan fingerprint density at radius 3 is 2.95 bits per heavy atom. The Hall–Kier alpha value is -0.750. The van der Waals surface area contributed by atoms with E-state index in [9.17, 15) is 4.79 Å². The minimum atomic E-state index is -0.115. The molecule has 1 aromatic heterocycles. The third kappa shape index (κ3) is 4.38. The van der Waals surface area contributed by atoms with Gasteiger partial charge in [0.15, 0.2) is 5.13 Å². The summed E-state index contributed by atoms with van der Waals surface area (Å²) < 4.78 is 0. The zero-order chi connectivity index (χ0) is 13.8. The van der Waals surface area contributed by atoms with Gasteiger partial charge in [0.05, 0.1) is 16.5 Å². The maximum atomic E-state index is 11.7. The molecule has 1 amide bonds. The van der Waals surface area contributed by atoms with Crippen LogP contribution in [0.2, 0.25) is 10.0 Å². The third-order valence-electron chi connectivity index (χ3n) is 2.12. The van der Waals surface area contributed by atoms with Gasteiger partial charge in [0.25, 0.3) is 0 Å². The maximum absolute atomic E-state index is 11.7. The Labute approximate surface area is 129 Å². The largest absolute Gasteiger partial charge is 0.301 e. The van der Waals surface area contributed by atoms with Gasteiger partial charge in [0, 0.05) is 15.3 Å². The Balaban J connectivity index is 1.91. The van der Waals surface area contributed by atoms with E-state index in [1.165, 1.54) is 23.1 Å². The molecule has 0 saturated carbocycles. The molecule has 0 aliphatic heterocycles. The second-order valence-corrected chi connectivity index (χ2v) is 6.42. The molecular formula is C12H10Cl2N2OS2. The van der Waals surface area contributed by atoms with E-state index in [4.69, 9.17) is 23.2 Å². The van der Waals surface area contributed by atoms with Gasteiger partial charge >= 0.3 is 0 Å². The van der Waals surface area contributed by atoms with Crippen LogP contribution < -0.4 is 5.32 Å². The topological polar surface area (TPSA) is 42.0 Å². The van der Waals surface area contributed by atoms with Gasteiger partial charge in [-0.2, -0.15) is 0 Å². The van der Waals surface area contributed by atoms with Crippen LogP contribution >= 0.6 is 46.3 Å². The zero-order valence-corrected chi connectivity index (χ0v) is 13.1.